The lowest BCUT2D eigenvalue weighted by Gasteiger charge is -2.22. The van der Waals surface area contributed by atoms with Gasteiger partial charge in [0.15, 0.2) is 9.84 Å². The molecule has 2 rings (SSSR count). The van der Waals surface area contributed by atoms with Gasteiger partial charge in [-0.05, 0) is 31.0 Å². The second-order valence-corrected chi connectivity index (χ2v) is 6.99. The Bertz CT molecular complexity index is 702. The number of likely N-dealkylation sites (tertiary alicyclic amines) is 1. The highest BCUT2D eigenvalue weighted by molar-refractivity contribution is 7.90. The summed E-state index contributed by atoms with van der Waals surface area (Å²) < 4.78 is 36.8. The van der Waals surface area contributed by atoms with Crippen molar-refractivity contribution in [3.63, 3.8) is 0 Å². The van der Waals surface area contributed by atoms with Gasteiger partial charge in [0.25, 0.3) is 5.91 Å². The summed E-state index contributed by atoms with van der Waals surface area (Å²) in [6.07, 6.45) is 1.98. The van der Waals surface area contributed by atoms with Gasteiger partial charge in [-0.15, -0.1) is 0 Å². The van der Waals surface area contributed by atoms with Gasteiger partial charge in [-0.2, -0.15) is 0 Å². The molecular weight excluding hydrogens is 299 g/mol. The molecule has 1 heterocycles. The molecule has 8 heteroatoms. The van der Waals surface area contributed by atoms with Gasteiger partial charge in [0, 0.05) is 12.8 Å². The van der Waals surface area contributed by atoms with Crippen molar-refractivity contribution in [2.45, 2.75) is 23.8 Å². The Balaban J connectivity index is 2.41. The van der Waals surface area contributed by atoms with Crippen molar-refractivity contribution in [3.05, 3.63) is 29.6 Å². The molecule has 1 aliphatic rings. The monoisotopic (exact) mass is 314 g/mol. The third-order valence-corrected chi connectivity index (χ3v) is 4.55. The number of primary amides is 1. The molecule has 0 saturated carbocycles. The van der Waals surface area contributed by atoms with Gasteiger partial charge in [-0.3, -0.25) is 9.59 Å². The summed E-state index contributed by atoms with van der Waals surface area (Å²) in [6.45, 7) is 0.287. The number of hydrogen-bond donors (Lipinski definition) is 1. The molecule has 1 unspecified atom stereocenters. The lowest BCUT2D eigenvalue weighted by molar-refractivity contribution is -0.121. The van der Waals surface area contributed by atoms with E-state index in [1.165, 1.54) is 4.90 Å². The summed E-state index contributed by atoms with van der Waals surface area (Å²) in [6, 6.07) is 2.23. The highest BCUT2D eigenvalue weighted by Crippen LogP contribution is 2.23. The molecule has 1 aliphatic heterocycles. The van der Waals surface area contributed by atoms with E-state index in [0.717, 1.165) is 24.5 Å². The Kier molecular flexibility index (Phi) is 3.99. The lowest BCUT2D eigenvalue weighted by Crippen LogP contribution is -2.44. The summed E-state index contributed by atoms with van der Waals surface area (Å²) in [5.74, 6) is -2.21. The number of sulfone groups is 1. The van der Waals surface area contributed by atoms with E-state index in [0.29, 0.717) is 12.8 Å². The van der Waals surface area contributed by atoms with Crippen LogP contribution in [0.25, 0.3) is 0 Å². The summed E-state index contributed by atoms with van der Waals surface area (Å²) in [4.78, 5) is 24.7. The maximum Gasteiger partial charge on any atom is 0.257 e. The molecule has 2 amide bonds. The van der Waals surface area contributed by atoms with Crippen LogP contribution >= 0.6 is 0 Å². The number of hydrogen-bond acceptors (Lipinski definition) is 4. The van der Waals surface area contributed by atoms with Crippen LogP contribution < -0.4 is 5.73 Å². The zero-order chi connectivity index (χ0) is 15.8. The van der Waals surface area contributed by atoms with Crippen molar-refractivity contribution < 1.29 is 22.4 Å². The van der Waals surface area contributed by atoms with Gasteiger partial charge >= 0.3 is 0 Å². The molecule has 1 fully saturated rings. The molecule has 1 saturated heterocycles. The SMILES string of the molecule is CS(=O)(=O)c1ccc(F)c(C(=O)N2CCCC2C(N)=O)c1. The molecule has 2 N–H and O–H groups in total. The van der Waals surface area contributed by atoms with Crippen molar-refractivity contribution in [1.82, 2.24) is 4.90 Å². The van der Waals surface area contributed by atoms with Crippen molar-refractivity contribution in [2.75, 3.05) is 12.8 Å². The minimum atomic E-state index is -3.56. The highest BCUT2D eigenvalue weighted by atomic mass is 32.2. The first-order valence-corrected chi connectivity index (χ1v) is 8.21. The van der Waals surface area contributed by atoms with Crippen LogP contribution in [0.5, 0.6) is 0 Å². The predicted octanol–water partition coefficient (Wildman–Crippen LogP) is 0.319. The fourth-order valence-electron chi connectivity index (χ4n) is 2.36. The molecule has 0 bridgehead atoms. The van der Waals surface area contributed by atoms with Gasteiger partial charge in [-0.25, -0.2) is 12.8 Å². The largest absolute Gasteiger partial charge is 0.368 e. The van der Waals surface area contributed by atoms with Gasteiger partial charge in [0.2, 0.25) is 5.91 Å². The quantitative estimate of drug-likeness (QED) is 0.812. The van der Waals surface area contributed by atoms with Crippen LogP contribution in [0.15, 0.2) is 23.1 Å². The molecule has 0 aromatic heterocycles. The van der Waals surface area contributed by atoms with Gasteiger partial charge in [-0.1, -0.05) is 0 Å². The average Bonchev–Trinajstić information content (AvgIpc) is 2.86. The fourth-order valence-corrected chi connectivity index (χ4v) is 3.01. The van der Waals surface area contributed by atoms with Crippen LogP contribution in [-0.2, 0) is 14.6 Å². The van der Waals surface area contributed by atoms with Crippen LogP contribution in [0.3, 0.4) is 0 Å². The Morgan fingerprint density at radius 1 is 1.38 bits per heavy atom. The average molecular weight is 314 g/mol. The third kappa shape index (κ3) is 3.05. The summed E-state index contributed by atoms with van der Waals surface area (Å²) in [5, 5.41) is 0. The smallest absolute Gasteiger partial charge is 0.257 e. The molecule has 1 aromatic rings. The van der Waals surface area contributed by atoms with Gasteiger partial charge < -0.3 is 10.6 Å². The predicted molar refractivity (Wildman–Crippen MR) is 72.8 cm³/mol. The molecule has 0 aliphatic carbocycles. The highest BCUT2D eigenvalue weighted by Gasteiger charge is 2.34. The van der Waals surface area contributed by atoms with Crippen molar-refractivity contribution in [2.24, 2.45) is 5.73 Å². The Hall–Kier alpha value is -1.96. The fraction of sp³-hybridized carbons (Fsp3) is 0.385. The first kappa shape index (κ1) is 15.4. The molecule has 21 heavy (non-hydrogen) atoms. The first-order chi connectivity index (χ1) is 9.71. The Morgan fingerprint density at radius 2 is 2.05 bits per heavy atom. The van der Waals surface area contributed by atoms with E-state index in [1.54, 1.807) is 0 Å². The van der Waals surface area contributed by atoms with Crippen LogP contribution in [0.4, 0.5) is 4.39 Å². The first-order valence-electron chi connectivity index (χ1n) is 6.31. The number of carbonyl (C=O) groups excluding carboxylic acids is 2. The lowest BCUT2D eigenvalue weighted by atomic mass is 10.1. The summed E-state index contributed by atoms with van der Waals surface area (Å²) >= 11 is 0. The Labute approximate surface area is 121 Å². The number of halogens is 1. The molecule has 1 atom stereocenters. The van der Waals surface area contributed by atoms with Crippen molar-refractivity contribution >= 4 is 21.7 Å². The molecular formula is C13H15FN2O4S. The van der Waals surface area contributed by atoms with Crippen LogP contribution in [0.1, 0.15) is 23.2 Å². The number of nitrogens with two attached hydrogens (primary N) is 1. The van der Waals surface area contributed by atoms with E-state index in [-0.39, 0.29) is 17.0 Å². The second-order valence-electron chi connectivity index (χ2n) is 4.97. The zero-order valence-corrected chi connectivity index (χ0v) is 12.2. The summed E-state index contributed by atoms with van der Waals surface area (Å²) in [7, 11) is -3.56. The Morgan fingerprint density at radius 3 is 2.62 bits per heavy atom. The second kappa shape index (κ2) is 5.44. The molecule has 1 aromatic carbocycles. The number of nitrogens with zero attached hydrogens (tertiary/aromatic N) is 1. The number of amides is 2. The van der Waals surface area contributed by atoms with E-state index in [1.807, 2.05) is 0 Å². The molecule has 0 radical (unpaired) electrons. The zero-order valence-electron chi connectivity index (χ0n) is 11.4. The maximum atomic E-state index is 13.8. The van der Waals surface area contributed by atoms with E-state index < -0.39 is 33.5 Å². The normalized spacial score (nSPS) is 18.8. The van der Waals surface area contributed by atoms with Crippen LogP contribution in [0, 0.1) is 5.82 Å². The van der Waals surface area contributed by atoms with Gasteiger partial charge in [0.1, 0.15) is 11.9 Å². The van der Waals surface area contributed by atoms with E-state index in [9.17, 15) is 22.4 Å². The standard InChI is InChI=1S/C13H15FN2O4S/c1-21(19,20)8-4-5-10(14)9(7-8)13(18)16-6-2-3-11(16)12(15)17/h4-5,7,11H,2-3,6H2,1H3,(H2,15,17). The number of rotatable bonds is 3. The topological polar surface area (TPSA) is 97.5 Å². The summed E-state index contributed by atoms with van der Waals surface area (Å²) in [5.41, 5.74) is 4.85. The van der Waals surface area contributed by atoms with Crippen LogP contribution in [-0.4, -0.2) is 44.0 Å². The number of carbonyl (C=O) groups is 2. The van der Waals surface area contributed by atoms with E-state index in [2.05, 4.69) is 0 Å². The molecule has 114 valence electrons. The molecule has 6 nitrogen and oxygen atoms in total. The van der Waals surface area contributed by atoms with Crippen molar-refractivity contribution in [1.29, 1.82) is 0 Å². The minimum Gasteiger partial charge on any atom is -0.368 e. The third-order valence-electron chi connectivity index (χ3n) is 3.44. The van der Waals surface area contributed by atoms with E-state index >= 15 is 0 Å². The minimum absolute atomic E-state index is 0.151. The van der Waals surface area contributed by atoms with Crippen molar-refractivity contribution in [3.8, 4) is 0 Å². The molecule has 0 spiro atoms. The van der Waals surface area contributed by atoms with Gasteiger partial charge in [0.05, 0.1) is 10.5 Å². The van der Waals surface area contributed by atoms with E-state index in [4.69, 9.17) is 5.73 Å². The van der Waals surface area contributed by atoms with Crippen LogP contribution in [0.2, 0.25) is 0 Å². The number of benzene rings is 1. The maximum absolute atomic E-state index is 13.8.